The van der Waals surface area contributed by atoms with Crippen LogP contribution in [0.4, 0.5) is 6.01 Å². The zero-order chi connectivity index (χ0) is 11.6. The fraction of sp³-hybridized carbons (Fsp3) is 0.667. The molecule has 0 bridgehead atoms. The Labute approximate surface area is 94.5 Å². The zero-order valence-corrected chi connectivity index (χ0v) is 9.88. The Morgan fingerprint density at radius 1 is 1.62 bits per heavy atom. The summed E-state index contributed by atoms with van der Waals surface area (Å²) in [4.78, 5) is 3.91. The summed E-state index contributed by atoms with van der Waals surface area (Å²) in [5.41, 5.74) is 0.652. The van der Waals surface area contributed by atoms with Crippen LogP contribution in [0.15, 0.2) is 10.7 Å². The number of oxazole rings is 1. The van der Waals surface area contributed by atoms with Crippen molar-refractivity contribution in [3.63, 3.8) is 0 Å². The second-order valence-corrected chi connectivity index (χ2v) is 5.87. The summed E-state index contributed by atoms with van der Waals surface area (Å²) in [5, 5.41) is 2.65. The minimum Gasteiger partial charge on any atom is -0.431 e. The molecule has 1 aliphatic heterocycles. The summed E-state index contributed by atoms with van der Waals surface area (Å²) in [7, 11) is -3.39. The first-order chi connectivity index (χ1) is 7.58. The molecule has 1 aliphatic rings. The van der Waals surface area contributed by atoms with Crippen molar-refractivity contribution in [2.75, 3.05) is 17.8 Å². The molecule has 6 nitrogen and oxygen atoms in total. The Bertz CT molecular complexity index is 448. The van der Waals surface area contributed by atoms with Crippen LogP contribution in [0.25, 0.3) is 0 Å². The van der Waals surface area contributed by atoms with Gasteiger partial charge in [-0.1, -0.05) is 0 Å². The Kier molecular flexibility index (Phi) is 3.15. The molecule has 2 heterocycles. The molecule has 0 aromatic carbocycles. The first kappa shape index (κ1) is 11.4. The van der Waals surface area contributed by atoms with Gasteiger partial charge in [0, 0.05) is 6.54 Å². The van der Waals surface area contributed by atoms with Crippen molar-refractivity contribution >= 4 is 16.0 Å². The van der Waals surface area contributed by atoms with Gasteiger partial charge in [-0.3, -0.25) is 0 Å². The fourth-order valence-electron chi connectivity index (χ4n) is 1.69. The lowest BCUT2D eigenvalue weighted by Crippen LogP contribution is -2.41. The van der Waals surface area contributed by atoms with Crippen LogP contribution in [-0.4, -0.2) is 31.7 Å². The number of hydrogen-bond donors (Lipinski definition) is 2. The van der Waals surface area contributed by atoms with E-state index in [1.165, 1.54) is 6.26 Å². The maximum Gasteiger partial charge on any atom is 0.308 e. The van der Waals surface area contributed by atoms with E-state index in [1.54, 1.807) is 6.92 Å². The molecule has 2 rings (SSSR count). The van der Waals surface area contributed by atoms with Crippen LogP contribution in [0.5, 0.6) is 0 Å². The molecule has 1 unspecified atom stereocenters. The molecule has 0 amide bonds. The highest BCUT2D eigenvalue weighted by atomic mass is 32.2. The van der Waals surface area contributed by atoms with E-state index in [2.05, 4.69) is 15.0 Å². The van der Waals surface area contributed by atoms with Gasteiger partial charge < -0.3 is 9.73 Å². The van der Waals surface area contributed by atoms with E-state index in [-0.39, 0.29) is 6.01 Å². The molecule has 0 spiro atoms. The van der Waals surface area contributed by atoms with Crippen molar-refractivity contribution in [3.05, 3.63) is 12.0 Å². The molecule has 0 aliphatic carbocycles. The van der Waals surface area contributed by atoms with E-state index in [4.69, 9.17) is 4.42 Å². The smallest absolute Gasteiger partial charge is 0.308 e. The van der Waals surface area contributed by atoms with Crippen molar-refractivity contribution in [2.45, 2.75) is 25.0 Å². The van der Waals surface area contributed by atoms with Crippen molar-refractivity contribution in [2.24, 2.45) is 0 Å². The lowest BCUT2D eigenvalue weighted by atomic mass is 10.2. The van der Waals surface area contributed by atoms with Crippen LogP contribution >= 0.6 is 0 Å². The van der Waals surface area contributed by atoms with Crippen LogP contribution in [0.1, 0.15) is 18.5 Å². The largest absolute Gasteiger partial charge is 0.431 e. The van der Waals surface area contributed by atoms with Crippen molar-refractivity contribution in [1.82, 2.24) is 10.3 Å². The van der Waals surface area contributed by atoms with E-state index >= 15 is 0 Å². The van der Waals surface area contributed by atoms with Gasteiger partial charge >= 0.3 is 6.01 Å². The molecular weight excluding hydrogens is 230 g/mol. The molecular formula is C9H15N3O3S. The minimum absolute atomic E-state index is 0.0445. The SMILES string of the molecule is Cc1coc(NS(=O)(=O)C2CCCNC2)n1. The summed E-state index contributed by atoms with van der Waals surface area (Å²) in [6.45, 7) is 3.10. The maximum absolute atomic E-state index is 11.9. The number of rotatable bonds is 3. The lowest BCUT2D eigenvalue weighted by Gasteiger charge is -2.22. The first-order valence-electron chi connectivity index (χ1n) is 5.22. The highest BCUT2D eigenvalue weighted by Crippen LogP contribution is 2.15. The van der Waals surface area contributed by atoms with Gasteiger partial charge in [0.15, 0.2) is 0 Å². The fourth-order valence-corrected chi connectivity index (χ4v) is 3.01. The van der Waals surface area contributed by atoms with Gasteiger partial charge in [0.25, 0.3) is 0 Å². The molecule has 1 aromatic rings. The first-order valence-corrected chi connectivity index (χ1v) is 6.77. The quantitative estimate of drug-likeness (QED) is 0.809. The number of piperidine rings is 1. The van der Waals surface area contributed by atoms with Crippen molar-refractivity contribution in [3.8, 4) is 0 Å². The van der Waals surface area contributed by atoms with Crippen molar-refractivity contribution in [1.29, 1.82) is 0 Å². The highest BCUT2D eigenvalue weighted by Gasteiger charge is 2.28. The van der Waals surface area contributed by atoms with E-state index in [1.807, 2.05) is 0 Å². The third-order valence-corrected chi connectivity index (χ3v) is 4.28. The summed E-state index contributed by atoms with van der Waals surface area (Å²) < 4.78 is 31.2. The molecule has 1 saturated heterocycles. The Balaban J connectivity index is 2.07. The van der Waals surface area contributed by atoms with Crippen LogP contribution in [0, 0.1) is 6.92 Å². The molecule has 1 atom stereocenters. The lowest BCUT2D eigenvalue weighted by molar-refractivity contribution is 0.497. The van der Waals surface area contributed by atoms with Crippen LogP contribution in [-0.2, 0) is 10.0 Å². The highest BCUT2D eigenvalue weighted by molar-refractivity contribution is 7.93. The Morgan fingerprint density at radius 3 is 3.00 bits per heavy atom. The third kappa shape index (κ3) is 2.53. The molecule has 16 heavy (non-hydrogen) atoms. The van der Waals surface area contributed by atoms with E-state index < -0.39 is 15.3 Å². The normalized spacial score (nSPS) is 21.9. The molecule has 90 valence electrons. The van der Waals surface area contributed by atoms with E-state index in [0.717, 1.165) is 13.0 Å². The average molecular weight is 245 g/mol. The second-order valence-electron chi connectivity index (χ2n) is 3.91. The van der Waals surface area contributed by atoms with Crippen LogP contribution < -0.4 is 10.0 Å². The monoisotopic (exact) mass is 245 g/mol. The van der Waals surface area contributed by atoms with Gasteiger partial charge in [-0.05, 0) is 26.3 Å². The van der Waals surface area contributed by atoms with Gasteiger partial charge in [-0.25, -0.2) is 13.1 Å². The predicted molar refractivity (Wildman–Crippen MR) is 59.7 cm³/mol. The topological polar surface area (TPSA) is 84.2 Å². The number of anilines is 1. The Morgan fingerprint density at radius 2 is 2.44 bits per heavy atom. The summed E-state index contributed by atoms with van der Waals surface area (Å²) >= 11 is 0. The molecule has 0 saturated carbocycles. The van der Waals surface area contributed by atoms with E-state index in [9.17, 15) is 8.42 Å². The van der Waals surface area contributed by atoms with Gasteiger partial charge in [0.2, 0.25) is 10.0 Å². The molecule has 0 radical (unpaired) electrons. The van der Waals surface area contributed by atoms with Gasteiger partial charge in [0.05, 0.1) is 10.9 Å². The predicted octanol–water partition coefficient (Wildman–Crippen LogP) is 0.477. The Hall–Kier alpha value is -1.08. The minimum atomic E-state index is -3.39. The van der Waals surface area contributed by atoms with E-state index in [0.29, 0.717) is 18.7 Å². The number of aromatic nitrogens is 1. The summed E-state index contributed by atoms with van der Waals surface area (Å²) in [6.07, 6.45) is 2.95. The van der Waals surface area contributed by atoms with Gasteiger partial charge in [0.1, 0.15) is 6.26 Å². The van der Waals surface area contributed by atoms with Gasteiger partial charge in [-0.15, -0.1) is 0 Å². The van der Waals surface area contributed by atoms with Gasteiger partial charge in [-0.2, -0.15) is 4.98 Å². The standard InChI is InChI=1S/C9H15N3O3S/c1-7-6-15-9(11-7)12-16(13,14)8-3-2-4-10-5-8/h6,8,10H,2-5H2,1H3,(H,11,12). The van der Waals surface area contributed by atoms with Crippen LogP contribution in [0.3, 0.4) is 0 Å². The molecule has 1 fully saturated rings. The number of hydrogen-bond acceptors (Lipinski definition) is 5. The molecule has 1 aromatic heterocycles. The zero-order valence-electron chi connectivity index (χ0n) is 9.06. The molecule has 7 heteroatoms. The maximum atomic E-state index is 11.9. The summed E-state index contributed by atoms with van der Waals surface area (Å²) in [6, 6.07) is 0.0445. The number of sulfonamides is 1. The summed E-state index contributed by atoms with van der Waals surface area (Å²) in [5.74, 6) is 0. The van der Waals surface area contributed by atoms with Crippen LogP contribution in [0.2, 0.25) is 0 Å². The average Bonchev–Trinajstić information content (AvgIpc) is 2.64. The number of aryl methyl sites for hydroxylation is 1. The van der Waals surface area contributed by atoms with Crippen molar-refractivity contribution < 1.29 is 12.8 Å². The second kappa shape index (κ2) is 4.42. The number of nitrogens with zero attached hydrogens (tertiary/aromatic N) is 1. The molecule has 2 N–H and O–H groups in total. The third-order valence-electron chi connectivity index (χ3n) is 2.54. The number of nitrogens with one attached hydrogen (secondary N) is 2.